The van der Waals surface area contributed by atoms with Crippen molar-refractivity contribution in [3.05, 3.63) is 23.8 Å². The van der Waals surface area contributed by atoms with E-state index in [1.165, 1.54) is 14.0 Å². The first-order valence-corrected chi connectivity index (χ1v) is 8.99. The Kier molecular flexibility index (Phi) is 11.0. The lowest BCUT2D eigenvalue weighted by atomic mass is 10.2. The predicted octanol–water partition coefficient (Wildman–Crippen LogP) is 3.13. The molecule has 13 heteroatoms. The second kappa shape index (κ2) is 10.8. The number of carbonyl (C=O) groups is 1. The molecule has 0 aliphatic heterocycles. The molecule has 1 atom stereocenters. The average Bonchev–Trinajstić information content (AvgIpc) is 2.41. The van der Waals surface area contributed by atoms with E-state index in [1.807, 2.05) is 13.8 Å². The van der Waals surface area contributed by atoms with E-state index in [9.17, 15) is 31.1 Å². The average molecular weight is 443 g/mol. The molecular formula is C15H23F6NO5S. The highest BCUT2D eigenvalue weighted by atomic mass is 32.2. The van der Waals surface area contributed by atoms with Crippen molar-refractivity contribution in [3.63, 3.8) is 0 Å². The molecule has 0 spiro atoms. The van der Waals surface area contributed by atoms with E-state index in [1.54, 1.807) is 6.08 Å². The quantitative estimate of drug-likeness (QED) is 0.115. The zero-order valence-electron chi connectivity index (χ0n) is 15.8. The van der Waals surface area contributed by atoms with Crippen LogP contribution in [0.1, 0.15) is 20.8 Å². The molecule has 0 aliphatic carbocycles. The molecular weight excluding hydrogens is 420 g/mol. The molecule has 0 rings (SSSR count). The molecule has 0 bridgehead atoms. The van der Waals surface area contributed by atoms with Crippen molar-refractivity contribution in [1.82, 2.24) is 0 Å². The summed E-state index contributed by atoms with van der Waals surface area (Å²) in [4.78, 5) is 11.2. The Morgan fingerprint density at radius 1 is 1.14 bits per heavy atom. The van der Waals surface area contributed by atoms with Crippen LogP contribution in [0.25, 0.3) is 0 Å². The standard InChI is InChI=1S/C14H23F3NO2.CHF3O3S/c1-11(2)6-7-18(5,10-14(15,16)17)8-9-20-13(19)12(3)4;2-1(3,4)8(5,6)7/h6H,3,7-10H2,1-2,4-5H3;(H,5,6,7)/q+1;/p-1. The maximum atomic E-state index is 12.6. The van der Waals surface area contributed by atoms with Crippen LogP contribution in [-0.4, -0.2) is 68.4 Å². The van der Waals surface area contributed by atoms with Crippen molar-refractivity contribution in [2.45, 2.75) is 32.5 Å². The molecule has 0 aliphatic rings. The molecule has 0 saturated heterocycles. The van der Waals surface area contributed by atoms with E-state index in [2.05, 4.69) is 6.58 Å². The molecule has 166 valence electrons. The normalized spacial score (nSPS) is 14.2. The molecule has 0 saturated carbocycles. The lowest BCUT2D eigenvalue weighted by Gasteiger charge is -2.34. The number of esters is 1. The molecule has 28 heavy (non-hydrogen) atoms. The largest absolute Gasteiger partial charge is 0.741 e. The summed E-state index contributed by atoms with van der Waals surface area (Å²) in [5, 5.41) is 0. The number of allylic oxidation sites excluding steroid dienone is 1. The van der Waals surface area contributed by atoms with Crippen LogP contribution in [-0.2, 0) is 19.6 Å². The maximum absolute atomic E-state index is 12.6. The third-order valence-electron chi connectivity index (χ3n) is 3.00. The Labute approximate surface area is 159 Å². The molecule has 0 N–H and O–H groups in total. The smallest absolute Gasteiger partial charge is 0.485 e. The minimum absolute atomic E-state index is 0.0606. The van der Waals surface area contributed by atoms with Gasteiger partial charge in [-0.3, -0.25) is 0 Å². The number of hydrogen-bond donors (Lipinski definition) is 0. The van der Waals surface area contributed by atoms with Crippen molar-refractivity contribution in [2.75, 3.05) is 33.3 Å². The van der Waals surface area contributed by atoms with Crippen LogP contribution in [0.15, 0.2) is 23.8 Å². The zero-order chi connectivity index (χ0) is 23.0. The number of alkyl halides is 6. The SMILES string of the molecule is C=C(C)C(=O)OCC[N+](C)(CC=C(C)C)CC(F)(F)F.O=S(=O)([O-])C(F)(F)F. The van der Waals surface area contributed by atoms with Crippen molar-refractivity contribution in [2.24, 2.45) is 0 Å². The van der Waals surface area contributed by atoms with Gasteiger partial charge in [0.1, 0.15) is 13.2 Å². The third kappa shape index (κ3) is 14.5. The number of nitrogens with zero attached hydrogens (tertiary/aromatic N) is 1. The van der Waals surface area contributed by atoms with Crippen LogP contribution in [0, 0.1) is 0 Å². The summed E-state index contributed by atoms with van der Waals surface area (Å²) in [6.07, 6.45) is -2.51. The van der Waals surface area contributed by atoms with Gasteiger partial charge in [0.2, 0.25) is 0 Å². The molecule has 0 aromatic carbocycles. The summed E-state index contributed by atoms with van der Waals surface area (Å²) >= 11 is 0. The number of quaternary nitrogens is 1. The van der Waals surface area contributed by atoms with Gasteiger partial charge >= 0.3 is 17.7 Å². The Morgan fingerprint density at radius 2 is 1.57 bits per heavy atom. The molecule has 1 unspecified atom stereocenters. The van der Waals surface area contributed by atoms with Crippen LogP contribution in [0.2, 0.25) is 0 Å². The number of rotatable bonds is 7. The van der Waals surface area contributed by atoms with Crippen LogP contribution in [0.3, 0.4) is 0 Å². The van der Waals surface area contributed by atoms with Gasteiger partial charge in [-0.25, -0.2) is 13.2 Å². The number of hydrogen-bond acceptors (Lipinski definition) is 5. The summed E-state index contributed by atoms with van der Waals surface area (Å²) in [5.41, 5.74) is -4.46. The van der Waals surface area contributed by atoms with Gasteiger partial charge in [0.05, 0.1) is 13.6 Å². The van der Waals surface area contributed by atoms with Crippen molar-refractivity contribution >= 4 is 16.1 Å². The number of likely N-dealkylation sites (N-methyl/N-ethyl adjacent to an activating group) is 1. The van der Waals surface area contributed by atoms with Crippen molar-refractivity contribution in [1.29, 1.82) is 0 Å². The van der Waals surface area contributed by atoms with E-state index in [0.29, 0.717) is 0 Å². The number of ether oxygens (including phenoxy) is 1. The molecule has 0 amide bonds. The van der Waals surface area contributed by atoms with Gasteiger partial charge in [-0.2, -0.15) is 26.3 Å². The fraction of sp³-hybridized carbons (Fsp3) is 0.667. The van der Waals surface area contributed by atoms with Crippen LogP contribution >= 0.6 is 0 Å². The maximum Gasteiger partial charge on any atom is 0.485 e. The minimum atomic E-state index is -6.09. The van der Waals surface area contributed by atoms with Crippen molar-refractivity contribution in [3.8, 4) is 0 Å². The molecule has 0 aromatic heterocycles. The molecule has 6 nitrogen and oxygen atoms in total. The summed E-state index contributed by atoms with van der Waals surface area (Å²) in [6.45, 7) is 7.90. The van der Waals surface area contributed by atoms with Gasteiger partial charge in [0.25, 0.3) is 0 Å². The van der Waals surface area contributed by atoms with Crippen molar-refractivity contribution < 1.29 is 53.3 Å². The van der Waals surface area contributed by atoms with Gasteiger partial charge in [0, 0.05) is 5.57 Å². The van der Waals surface area contributed by atoms with E-state index < -0.39 is 34.3 Å². The van der Waals surface area contributed by atoms with Gasteiger partial charge in [-0.1, -0.05) is 12.2 Å². The zero-order valence-corrected chi connectivity index (χ0v) is 16.6. The van der Waals surface area contributed by atoms with Gasteiger partial charge in [-0.15, -0.1) is 0 Å². The lowest BCUT2D eigenvalue weighted by molar-refractivity contribution is -0.913. The Hall–Kier alpha value is -1.60. The minimum Gasteiger partial charge on any atom is -0.741 e. The molecule has 0 heterocycles. The van der Waals surface area contributed by atoms with Crippen LogP contribution < -0.4 is 0 Å². The fourth-order valence-electron chi connectivity index (χ4n) is 1.55. The summed E-state index contributed by atoms with van der Waals surface area (Å²) in [5.74, 6) is -0.578. The van der Waals surface area contributed by atoms with E-state index in [4.69, 9.17) is 17.7 Å². The van der Waals surface area contributed by atoms with E-state index in [0.717, 1.165) is 5.57 Å². The lowest BCUT2D eigenvalue weighted by Crippen LogP contribution is -2.52. The van der Waals surface area contributed by atoms with Gasteiger partial charge in [0.15, 0.2) is 16.7 Å². The highest BCUT2D eigenvalue weighted by molar-refractivity contribution is 7.86. The summed E-state index contributed by atoms with van der Waals surface area (Å²) in [6, 6.07) is 0. The monoisotopic (exact) mass is 443 g/mol. The third-order valence-corrected chi connectivity index (χ3v) is 3.56. The first-order chi connectivity index (χ1) is 12.2. The highest BCUT2D eigenvalue weighted by Gasteiger charge is 2.39. The van der Waals surface area contributed by atoms with E-state index in [-0.39, 0.29) is 29.8 Å². The second-order valence-corrected chi connectivity index (χ2v) is 7.77. The summed E-state index contributed by atoms with van der Waals surface area (Å²) in [7, 11) is -4.59. The van der Waals surface area contributed by atoms with E-state index >= 15 is 0 Å². The second-order valence-electron chi connectivity index (χ2n) is 6.40. The topological polar surface area (TPSA) is 83.5 Å². The molecule has 0 radical (unpaired) electrons. The number of carbonyl (C=O) groups excluding carboxylic acids is 1. The number of halogens is 6. The molecule has 0 fully saturated rings. The Bertz CT molecular complexity index is 665. The fourth-order valence-corrected chi connectivity index (χ4v) is 1.55. The molecule has 0 aromatic rings. The summed E-state index contributed by atoms with van der Waals surface area (Å²) < 4.78 is 101. The van der Waals surface area contributed by atoms with Crippen LogP contribution in [0.4, 0.5) is 26.3 Å². The Morgan fingerprint density at radius 3 is 1.86 bits per heavy atom. The van der Waals surface area contributed by atoms with Gasteiger partial charge < -0.3 is 13.8 Å². The van der Waals surface area contributed by atoms with Crippen LogP contribution in [0.5, 0.6) is 0 Å². The first-order valence-electron chi connectivity index (χ1n) is 7.58. The first kappa shape index (κ1) is 28.6. The Balaban J connectivity index is 0. The predicted molar refractivity (Wildman–Crippen MR) is 87.8 cm³/mol. The highest BCUT2D eigenvalue weighted by Crippen LogP contribution is 2.21. The van der Waals surface area contributed by atoms with Gasteiger partial charge in [-0.05, 0) is 26.8 Å².